The average Bonchev–Trinajstić information content (AvgIpc) is 3.36. The summed E-state index contributed by atoms with van der Waals surface area (Å²) in [6.45, 7) is 0. The number of carbonyl (C=O) groups excluding carboxylic acids is 2. The first kappa shape index (κ1) is 24.7. The Kier molecular flexibility index (Phi) is 6.80. The lowest BCUT2D eigenvalue weighted by Crippen LogP contribution is -2.27. The minimum Gasteiger partial charge on any atom is -0.323 e. The topological polar surface area (TPSA) is 49.4 Å². The van der Waals surface area contributed by atoms with Gasteiger partial charge in [-0.1, -0.05) is 29.3 Å². The Morgan fingerprint density at radius 1 is 0.971 bits per heavy atom. The molecule has 0 bridgehead atoms. The number of nitrogens with zero attached hydrogens (tertiary/aromatic N) is 1. The van der Waals surface area contributed by atoms with E-state index in [1.54, 1.807) is 12.1 Å². The number of amides is 2. The molecule has 0 saturated heterocycles. The summed E-state index contributed by atoms with van der Waals surface area (Å²) in [5, 5.41) is 3.19. The Bertz CT molecular complexity index is 1260. The SMILES string of the molecule is CN(C(=O)c1cccc(NC(=O)[C@H]2[C@H](c3cc(Cl)cc(Cl)c3)C2(Cl)Cl)c1F)c1ccc(F)cc1. The molecule has 1 aliphatic carbocycles. The minimum atomic E-state index is -1.44. The van der Waals surface area contributed by atoms with Crippen molar-refractivity contribution in [2.45, 2.75) is 10.3 Å². The Balaban J connectivity index is 1.54. The zero-order valence-corrected chi connectivity index (χ0v) is 20.5. The fraction of sp³-hybridized carbons (Fsp3) is 0.167. The van der Waals surface area contributed by atoms with Crippen LogP contribution in [0.15, 0.2) is 60.7 Å². The smallest absolute Gasteiger partial charge is 0.261 e. The maximum atomic E-state index is 15.2. The van der Waals surface area contributed by atoms with Gasteiger partial charge < -0.3 is 10.2 Å². The standard InChI is InChI=1S/C24H16Cl4F2N2O2/c1-32(16-7-5-15(29)6-8-16)23(34)17-3-2-4-18(21(17)30)31-22(33)20-19(24(20,27)28)12-9-13(25)11-14(26)10-12/h2-11,19-20H,1H3,(H,31,33)/t19-,20+/m0/s1. The first-order valence-corrected chi connectivity index (χ1v) is 11.5. The molecule has 1 aliphatic rings. The molecule has 1 saturated carbocycles. The monoisotopic (exact) mass is 542 g/mol. The zero-order chi connectivity index (χ0) is 24.8. The number of rotatable bonds is 5. The predicted octanol–water partition coefficient (Wildman–Crippen LogP) is 7.07. The summed E-state index contributed by atoms with van der Waals surface area (Å²) in [6.07, 6.45) is 0. The van der Waals surface area contributed by atoms with E-state index >= 15 is 4.39 Å². The largest absolute Gasteiger partial charge is 0.323 e. The van der Waals surface area contributed by atoms with Gasteiger partial charge >= 0.3 is 0 Å². The summed E-state index contributed by atoms with van der Waals surface area (Å²) in [5.74, 6) is -4.19. The van der Waals surface area contributed by atoms with E-state index < -0.39 is 39.6 Å². The Hall–Kier alpha value is -2.38. The van der Waals surface area contributed by atoms with Crippen LogP contribution in [0, 0.1) is 17.6 Å². The lowest BCUT2D eigenvalue weighted by molar-refractivity contribution is -0.117. The summed E-state index contributed by atoms with van der Waals surface area (Å²) in [7, 11) is 1.43. The molecule has 0 aromatic heterocycles. The van der Waals surface area contributed by atoms with Crippen molar-refractivity contribution in [2.75, 3.05) is 17.3 Å². The lowest BCUT2D eigenvalue weighted by atomic mass is 10.1. The lowest BCUT2D eigenvalue weighted by Gasteiger charge is -2.18. The second kappa shape index (κ2) is 9.34. The van der Waals surface area contributed by atoms with E-state index in [9.17, 15) is 14.0 Å². The molecule has 0 spiro atoms. The third-order valence-electron chi connectivity index (χ3n) is 5.59. The molecule has 4 nitrogen and oxygen atoms in total. The molecule has 0 unspecified atom stereocenters. The van der Waals surface area contributed by atoms with Crippen molar-refractivity contribution in [1.82, 2.24) is 0 Å². The molecule has 3 aromatic rings. The third kappa shape index (κ3) is 4.73. The van der Waals surface area contributed by atoms with Crippen LogP contribution in [0.2, 0.25) is 10.0 Å². The summed E-state index contributed by atoms with van der Waals surface area (Å²) in [4.78, 5) is 26.9. The van der Waals surface area contributed by atoms with E-state index in [1.165, 1.54) is 60.5 Å². The van der Waals surface area contributed by atoms with Gasteiger partial charge in [0, 0.05) is 28.7 Å². The van der Waals surface area contributed by atoms with Crippen molar-refractivity contribution < 1.29 is 18.4 Å². The van der Waals surface area contributed by atoms with Gasteiger partial charge in [-0.2, -0.15) is 0 Å². The number of benzene rings is 3. The molecule has 1 N–H and O–H groups in total. The van der Waals surface area contributed by atoms with Crippen LogP contribution in [-0.4, -0.2) is 23.2 Å². The molecule has 176 valence electrons. The van der Waals surface area contributed by atoms with E-state index in [1.807, 2.05) is 0 Å². The third-order valence-corrected chi connectivity index (χ3v) is 6.96. The van der Waals surface area contributed by atoms with Crippen LogP contribution in [0.3, 0.4) is 0 Å². The Morgan fingerprint density at radius 2 is 1.59 bits per heavy atom. The van der Waals surface area contributed by atoms with Gasteiger partial charge in [-0.05, 0) is 60.2 Å². The highest BCUT2D eigenvalue weighted by Gasteiger charge is 2.67. The first-order chi connectivity index (χ1) is 16.0. The molecule has 0 aliphatic heterocycles. The van der Waals surface area contributed by atoms with Crippen LogP contribution in [0.25, 0.3) is 0 Å². The van der Waals surface area contributed by atoms with E-state index in [4.69, 9.17) is 46.4 Å². The van der Waals surface area contributed by atoms with Gasteiger partial charge in [0.25, 0.3) is 5.91 Å². The van der Waals surface area contributed by atoms with Crippen LogP contribution in [-0.2, 0) is 4.79 Å². The molecule has 34 heavy (non-hydrogen) atoms. The molecule has 1 fully saturated rings. The number of halogens is 6. The fourth-order valence-corrected chi connectivity index (χ4v) is 5.16. The van der Waals surface area contributed by atoms with Gasteiger partial charge in [-0.3, -0.25) is 9.59 Å². The van der Waals surface area contributed by atoms with Crippen LogP contribution in [0.5, 0.6) is 0 Å². The van der Waals surface area contributed by atoms with E-state index in [-0.39, 0.29) is 11.3 Å². The number of anilines is 2. The Labute approximate surface area is 214 Å². The van der Waals surface area contributed by atoms with Crippen LogP contribution < -0.4 is 10.2 Å². The zero-order valence-electron chi connectivity index (χ0n) is 17.5. The number of nitrogens with one attached hydrogen (secondary N) is 1. The first-order valence-electron chi connectivity index (χ1n) is 9.97. The molecule has 4 rings (SSSR count). The fourth-order valence-electron chi connectivity index (χ4n) is 3.79. The average molecular weight is 544 g/mol. The number of alkyl halides is 2. The quantitative estimate of drug-likeness (QED) is 0.350. The van der Waals surface area contributed by atoms with Gasteiger partial charge in [0.15, 0.2) is 5.82 Å². The number of hydrogen-bond acceptors (Lipinski definition) is 2. The van der Waals surface area contributed by atoms with Crippen LogP contribution in [0.4, 0.5) is 20.2 Å². The highest BCUT2D eigenvalue weighted by atomic mass is 35.5. The van der Waals surface area contributed by atoms with E-state index in [0.717, 1.165) is 0 Å². The van der Waals surface area contributed by atoms with Gasteiger partial charge in [0.1, 0.15) is 10.2 Å². The maximum Gasteiger partial charge on any atom is 0.261 e. The van der Waals surface area contributed by atoms with Gasteiger partial charge in [-0.25, -0.2) is 8.78 Å². The molecule has 10 heteroatoms. The van der Waals surface area contributed by atoms with Gasteiger partial charge in [0.2, 0.25) is 5.91 Å². The van der Waals surface area contributed by atoms with Gasteiger partial charge in [0.05, 0.1) is 17.2 Å². The predicted molar refractivity (Wildman–Crippen MR) is 131 cm³/mol. The van der Waals surface area contributed by atoms with Crippen molar-refractivity contribution in [3.63, 3.8) is 0 Å². The summed E-state index contributed by atoms with van der Waals surface area (Å²) in [5.41, 5.74) is 0.465. The summed E-state index contributed by atoms with van der Waals surface area (Å²) >= 11 is 24.8. The normalized spacial score (nSPS) is 18.3. The second-order valence-corrected chi connectivity index (χ2v) is 10.1. The molecule has 2 atom stereocenters. The van der Waals surface area contributed by atoms with Crippen LogP contribution >= 0.6 is 46.4 Å². The molecule has 0 radical (unpaired) electrons. The molecule has 3 aromatic carbocycles. The summed E-state index contributed by atoms with van der Waals surface area (Å²) in [6, 6.07) is 14.0. The van der Waals surface area contributed by atoms with Crippen molar-refractivity contribution >= 4 is 69.6 Å². The molecular weight excluding hydrogens is 528 g/mol. The van der Waals surface area contributed by atoms with Crippen LogP contribution in [0.1, 0.15) is 21.8 Å². The molecular formula is C24H16Cl4F2N2O2. The van der Waals surface area contributed by atoms with Crippen molar-refractivity contribution in [2.24, 2.45) is 5.92 Å². The van der Waals surface area contributed by atoms with E-state index in [2.05, 4.69) is 5.32 Å². The number of hydrogen-bond donors (Lipinski definition) is 1. The van der Waals surface area contributed by atoms with Crippen molar-refractivity contribution in [3.8, 4) is 0 Å². The number of carbonyl (C=O) groups is 2. The highest BCUT2D eigenvalue weighted by Crippen LogP contribution is 2.65. The minimum absolute atomic E-state index is 0.206. The summed E-state index contributed by atoms with van der Waals surface area (Å²) < 4.78 is 26.9. The molecule has 0 heterocycles. The van der Waals surface area contributed by atoms with E-state index in [0.29, 0.717) is 21.3 Å². The molecule has 2 amide bonds. The second-order valence-electron chi connectivity index (χ2n) is 7.83. The maximum absolute atomic E-state index is 15.2. The van der Waals surface area contributed by atoms with Gasteiger partial charge in [-0.15, -0.1) is 23.2 Å². The highest BCUT2D eigenvalue weighted by molar-refractivity contribution is 6.53. The van der Waals surface area contributed by atoms with Crippen molar-refractivity contribution in [1.29, 1.82) is 0 Å². The van der Waals surface area contributed by atoms with Crippen molar-refractivity contribution in [3.05, 3.63) is 93.5 Å². The Morgan fingerprint density at radius 3 is 2.21 bits per heavy atom.